The third-order valence-corrected chi connectivity index (χ3v) is 8.29. The smallest absolute Gasteiger partial charge is 0.313 e. The lowest BCUT2D eigenvalue weighted by Gasteiger charge is -2.09. The van der Waals surface area contributed by atoms with Crippen LogP contribution in [-0.2, 0) is 66.5 Å². The highest BCUT2D eigenvalue weighted by molar-refractivity contribution is 7.86. The molecule has 15 nitrogen and oxygen atoms in total. The first kappa shape index (κ1) is 50.2. The van der Waals surface area contributed by atoms with Crippen molar-refractivity contribution in [3.05, 3.63) is 58.9 Å². The summed E-state index contributed by atoms with van der Waals surface area (Å²) in [4.78, 5) is 11.8. The molecule has 0 radical (unpaired) electrons. The van der Waals surface area contributed by atoms with Gasteiger partial charge >= 0.3 is 5.97 Å². The summed E-state index contributed by atoms with van der Waals surface area (Å²) in [5.41, 5.74) is 0.956. The SMILES string of the molecule is Cc1ccc(S(=O)(=O)OCCOCCOCCOCCOCCOCCOCCOCCOCCOCCOCCC(=O)Oc2c(F)c(F)c(F)c(F)c2F)cc1. The maximum atomic E-state index is 13.6. The summed E-state index contributed by atoms with van der Waals surface area (Å²) in [7, 11) is -3.80. The molecule has 21 heteroatoms. The minimum absolute atomic E-state index is 0.0694. The lowest BCUT2D eigenvalue weighted by molar-refractivity contribution is -0.136. The first-order valence-corrected chi connectivity index (χ1v) is 19.4. The Kier molecular flexibility index (Phi) is 27.4. The Hall–Kier alpha value is -2.93. The Balaban J connectivity index is 1.22. The van der Waals surface area contributed by atoms with Crippen LogP contribution in [0.2, 0.25) is 0 Å². The summed E-state index contributed by atoms with van der Waals surface area (Å²) < 4.78 is 153. The maximum absolute atomic E-state index is 13.6. The van der Waals surface area contributed by atoms with E-state index < -0.39 is 57.3 Å². The van der Waals surface area contributed by atoms with Crippen LogP contribution in [0.25, 0.3) is 0 Å². The van der Waals surface area contributed by atoms with Crippen molar-refractivity contribution in [2.45, 2.75) is 18.2 Å². The van der Waals surface area contributed by atoms with Gasteiger partial charge in [0.15, 0.2) is 0 Å². The monoisotopic (exact) mass is 850 g/mol. The average Bonchev–Trinajstić information content (AvgIpc) is 3.19. The van der Waals surface area contributed by atoms with Gasteiger partial charge in [0.05, 0.1) is 150 Å². The number of carbonyl (C=O) groups excluding carboxylic acids is 1. The molecular weight excluding hydrogens is 799 g/mol. The second-order valence-corrected chi connectivity index (χ2v) is 13.0. The van der Waals surface area contributed by atoms with Gasteiger partial charge in [-0.2, -0.15) is 17.2 Å². The Morgan fingerprint density at radius 1 is 0.439 bits per heavy atom. The second-order valence-electron chi connectivity index (χ2n) is 11.3. The van der Waals surface area contributed by atoms with Crippen molar-refractivity contribution in [1.29, 1.82) is 0 Å². The van der Waals surface area contributed by atoms with E-state index in [4.69, 9.17) is 51.6 Å². The molecule has 0 unspecified atom stereocenters. The van der Waals surface area contributed by atoms with E-state index in [-0.39, 0.29) is 44.5 Å². The van der Waals surface area contributed by atoms with Crippen LogP contribution in [0.1, 0.15) is 12.0 Å². The van der Waals surface area contributed by atoms with Crippen LogP contribution in [0.15, 0.2) is 29.2 Å². The highest BCUT2D eigenvalue weighted by Crippen LogP contribution is 2.29. The van der Waals surface area contributed by atoms with Crippen molar-refractivity contribution >= 4 is 16.1 Å². The van der Waals surface area contributed by atoms with Gasteiger partial charge in [0.2, 0.25) is 34.8 Å². The van der Waals surface area contributed by atoms with Gasteiger partial charge in [-0.05, 0) is 19.1 Å². The van der Waals surface area contributed by atoms with Gasteiger partial charge in [-0.15, -0.1) is 0 Å². The molecule has 0 bridgehead atoms. The third-order valence-electron chi connectivity index (χ3n) is 6.96. The molecule has 2 aromatic carbocycles. The number of benzene rings is 2. The standard InChI is InChI=1S/C36H51F5O15S/c1-28-2-4-29(5-3-28)57(43,44)55-27-26-54-25-24-53-23-22-52-21-20-51-19-18-50-17-16-49-15-14-48-13-12-47-11-10-46-9-8-45-7-6-30(42)56-36-34(40)32(38)31(37)33(39)35(36)41/h2-5H,6-27H2,1H3. The average molecular weight is 851 g/mol. The maximum Gasteiger partial charge on any atom is 0.313 e. The molecule has 0 saturated carbocycles. The number of ether oxygens (including phenoxy) is 11. The van der Waals surface area contributed by atoms with Gasteiger partial charge < -0.3 is 52.1 Å². The van der Waals surface area contributed by atoms with Crippen molar-refractivity contribution in [3.63, 3.8) is 0 Å². The van der Waals surface area contributed by atoms with Crippen LogP contribution < -0.4 is 4.74 Å². The fraction of sp³-hybridized carbons (Fsp3) is 0.639. The fourth-order valence-corrected chi connectivity index (χ4v) is 4.94. The van der Waals surface area contributed by atoms with Crippen LogP contribution in [0.4, 0.5) is 22.0 Å². The molecule has 57 heavy (non-hydrogen) atoms. The molecule has 0 saturated heterocycles. The predicted molar refractivity (Wildman–Crippen MR) is 189 cm³/mol. The van der Waals surface area contributed by atoms with E-state index in [0.717, 1.165) is 5.56 Å². The molecule has 0 atom stereocenters. The molecule has 326 valence electrons. The van der Waals surface area contributed by atoms with E-state index in [1.54, 1.807) is 12.1 Å². The molecule has 0 aliphatic rings. The van der Waals surface area contributed by atoms with Gasteiger partial charge in [-0.1, -0.05) is 17.7 Å². The molecule has 2 rings (SSSR count). The van der Waals surface area contributed by atoms with E-state index in [0.29, 0.717) is 99.1 Å². The van der Waals surface area contributed by atoms with Gasteiger partial charge in [0.1, 0.15) is 0 Å². The van der Waals surface area contributed by atoms with Gasteiger partial charge in [0.25, 0.3) is 10.1 Å². The summed E-state index contributed by atoms with van der Waals surface area (Å²) in [6.45, 7) is 7.79. The van der Waals surface area contributed by atoms with Crippen LogP contribution in [-0.4, -0.2) is 153 Å². The minimum atomic E-state index is -3.80. The molecule has 0 aliphatic heterocycles. The molecule has 0 aliphatic carbocycles. The van der Waals surface area contributed by atoms with Crippen molar-refractivity contribution in [2.24, 2.45) is 0 Å². The first-order chi connectivity index (χ1) is 27.5. The largest absolute Gasteiger partial charge is 0.420 e. The van der Waals surface area contributed by atoms with E-state index in [9.17, 15) is 35.2 Å². The van der Waals surface area contributed by atoms with Crippen LogP contribution in [0.3, 0.4) is 0 Å². The predicted octanol–water partition coefficient (Wildman–Crippen LogP) is 3.56. The Bertz CT molecular complexity index is 1460. The van der Waals surface area contributed by atoms with Gasteiger partial charge in [-0.25, -0.2) is 13.2 Å². The normalized spacial score (nSPS) is 11.8. The zero-order chi connectivity index (χ0) is 41.6. The summed E-state index contributed by atoms with van der Waals surface area (Å²) >= 11 is 0. The Morgan fingerprint density at radius 3 is 1.05 bits per heavy atom. The van der Waals surface area contributed by atoms with Crippen molar-refractivity contribution < 1.29 is 91.5 Å². The molecule has 0 heterocycles. The topological polar surface area (TPSA) is 162 Å². The number of aryl methyl sites for hydroxylation is 1. The van der Waals surface area contributed by atoms with Crippen LogP contribution in [0.5, 0.6) is 5.75 Å². The number of hydrogen-bond donors (Lipinski definition) is 0. The number of rotatable bonds is 36. The summed E-state index contributed by atoms with van der Waals surface area (Å²) in [6.07, 6.45) is -0.496. The highest BCUT2D eigenvalue weighted by atomic mass is 32.2. The molecule has 0 spiro atoms. The van der Waals surface area contributed by atoms with Crippen molar-refractivity contribution in [2.75, 3.05) is 139 Å². The second kappa shape index (κ2) is 31.1. The molecule has 0 N–H and O–H groups in total. The molecular formula is C36H51F5O15S. The fourth-order valence-electron chi connectivity index (χ4n) is 4.05. The van der Waals surface area contributed by atoms with E-state index in [1.807, 2.05) is 6.92 Å². The van der Waals surface area contributed by atoms with Gasteiger partial charge in [0, 0.05) is 0 Å². The summed E-state index contributed by atoms with van der Waals surface area (Å²) in [6, 6.07) is 6.41. The summed E-state index contributed by atoms with van der Waals surface area (Å²) in [5, 5.41) is 0. The number of halogens is 5. The van der Waals surface area contributed by atoms with Gasteiger partial charge in [-0.3, -0.25) is 8.98 Å². The lowest BCUT2D eigenvalue weighted by atomic mass is 10.2. The molecule has 0 amide bonds. The number of carbonyl (C=O) groups is 1. The first-order valence-electron chi connectivity index (χ1n) is 18.0. The van der Waals surface area contributed by atoms with Crippen molar-refractivity contribution in [3.8, 4) is 5.75 Å². The number of hydrogen-bond acceptors (Lipinski definition) is 15. The number of esters is 1. The lowest BCUT2D eigenvalue weighted by Crippen LogP contribution is -2.16. The zero-order valence-corrected chi connectivity index (χ0v) is 32.6. The van der Waals surface area contributed by atoms with Crippen LogP contribution in [0, 0.1) is 36.0 Å². The minimum Gasteiger partial charge on any atom is -0.420 e. The third kappa shape index (κ3) is 22.7. The molecule has 0 aromatic heterocycles. The van der Waals surface area contributed by atoms with Crippen molar-refractivity contribution in [1.82, 2.24) is 0 Å². The molecule has 0 fully saturated rings. The quantitative estimate of drug-likeness (QED) is 0.0186. The Labute approximate surface area is 328 Å². The van der Waals surface area contributed by atoms with E-state index >= 15 is 0 Å². The van der Waals surface area contributed by atoms with E-state index in [2.05, 4.69) is 4.74 Å². The zero-order valence-electron chi connectivity index (χ0n) is 31.8. The Morgan fingerprint density at radius 2 is 0.719 bits per heavy atom. The van der Waals surface area contributed by atoms with Crippen LogP contribution >= 0.6 is 0 Å². The molecule has 2 aromatic rings. The summed E-state index contributed by atoms with van der Waals surface area (Å²) in [5.74, 6) is -14.2. The highest BCUT2D eigenvalue weighted by Gasteiger charge is 2.28. The van der Waals surface area contributed by atoms with E-state index in [1.165, 1.54) is 12.1 Å².